The largest absolute Gasteiger partial charge is 0.292 e. The standard InChI is InChI=1S/C22H21FN2O2/c23-18-10-11-19-20(12-18)24-14-25(22(19)27)13-21(26)17-8-6-16(7-9-17)15-4-2-1-3-5-15/h6-12,14-15H,1-5,13H2. The molecule has 0 spiro atoms. The Hall–Kier alpha value is -2.82. The molecule has 1 aliphatic carbocycles. The number of nitrogens with zero attached hydrogens (tertiary/aromatic N) is 2. The molecule has 0 atom stereocenters. The fourth-order valence-electron chi connectivity index (χ4n) is 3.87. The van der Waals surface area contributed by atoms with Crippen molar-refractivity contribution in [3.63, 3.8) is 0 Å². The number of aromatic nitrogens is 2. The summed E-state index contributed by atoms with van der Waals surface area (Å²) in [6.07, 6.45) is 7.59. The third-order valence-corrected chi connectivity index (χ3v) is 5.41. The number of fused-ring (bicyclic) bond motifs is 1. The third kappa shape index (κ3) is 3.68. The van der Waals surface area contributed by atoms with Crippen molar-refractivity contribution in [2.24, 2.45) is 0 Å². The van der Waals surface area contributed by atoms with Crippen LogP contribution in [0.4, 0.5) is 4.39 Å². The van der Waals surface area contributed by atoms with Gasteiger partial charge < -0.3 is 0 Å². The zero-order chi connectivity index (χ0) is 18.8. The maximum absolute atomic E-state index is 13.3. The first-order valence-corrected chi connectivity index (χ1v) is 9.40. The minimum absolute atomic E-state index is 0.0814. The fourth-order valence-corrected chi connectivity index (χ4v) is 3.87. The van der Waals surface area contributed by atoms with E-state index in [0.29, 0.717) is 22.4 Å². The minimum atomic E-state index is -0.443. The van der Waals surface area contributed by atoms with Crippen LogP contribution >= 0.6 is 0 Å². The SMILES string of the molecule is O=C(Cn1cnc2cc(F)ccc2c1=O)c1ccc(C2CCCCC2)cc1. The van der Waals surface area contributed by atoms with Crippen LogP contribution in [-0.4, -0.2) is 15.3 Å². The summed E-state index contributed by atoms with van der Waals surface area (Å²) in [6, 6.07) is 11.6. The van der Waals surface area contributed by atoms with Gasteiger partial charge in [-0.25, -0.2) is 9.37 Å². The monoisotopic (exact) mass is 364 g/mol. The van der Waals surface area contributed by atoms with Crippen molar-refractivity contribution in [3.8, 4) is 0 Å². The Morgan fingerprint density at radius 3 is 2.56 bits per heavy atom. The normalized spacial score (nSPS) is 15.1. The van der Waals surface area contributed by atoms with E-state index in [9.17, 15) is 14.0 Å². The van der Waals surface area contributed by atoms with Gasteiger partial charge in [0.1, 0.15) is 5.82 Å². The summed E-state index contributed by atoms with van der Waals surface area (Å²) >= 11 is 0. The lowest BCUT2D eigenvalue weighted by Crippen LogP contribution is -2.24. The van der Waals surface area contributed by atoms with Crippen molar-refractivity contribution < 1.29 is 9.18 Å². The van der Waals surface area contributed by atoms with Gasteiger partial charge in [-0.3, -0.25) is 14.2 Å². The predicted octanol–water partition coefficient (Wildman–Crippen LogP) is 4.47. The van der Waals surface area contributed by atoms with Gasteiger partial charge >= 0.3 is 0 Å². The number of benzene rings is 2. The van der Waals surface area contributed by atoms with Gasteiger partial charge in [-0.15, -0.1) is 0 Å². The molecule has 4 nitrogen and oxygen atoms in total. The molecular formula is C22H21FN2O2. The molecule has 0 saturated heterocycles. The highest BCUT2D eigenvalue weighted by Crippen LogP contribution is 2.32. The van der Waals surface area contributed by atoms with Crippen molar-refractivity contribution in [2.75, 3.05) is 0 Å². The van der Waals surface area contributed by atoms with Crippen LogP contribution in [0.25, 0.3) is 10.9 Å². The molecule has 27 heavy (non-hydrogen) atoms. The third-order valence-electron chi connectivity index (χ3n) is 5.41. The molecule has 2 aromatic carbocycles. The molecular weight excluding hydrogens is 343 g/mol. The molecule has 0 bridgehead atoms. The van der Waals surface area contributed by atoms with Crippen LogP contribution in [-0.2, 0) is 6.54 Å². The first kappa shape index (κ1) is 17.6. The molecule has 0 aliphatic heterocycles. The number of halogens is 1. The van der Waals surface area contributed by atoms with E-state index in [1.165, 1.54) is 66.8 Å². The summed E-state index contributed by atoms with van der Waals surface area (Å²) in [5, 5.41) is 0.305. The number of ketones is 1. The van der Waals surface area contributed by atoms with Gasteiger partial charge in [0.25, 0.3) is 5.56 Å². The van der Waals surface area contributed by atoms with E-state index in [1.807, 2.05) is 24.3 Å². The van der Waals surface area contributed by atoms with Crippen LogP contribution in [0.2, 0.25) is 0 Å². The summed E-state index contributed by atoms with van der Waals surface area (Å²) in [7, 11) is 0. The lowest BCUT2D eigenvalue weighted by molar-refractivity contribution is 0.0970. The van der Waals surface area contributed by atoms with Gasteiger partial charge in [0.15, 0.2) is 5.78 Å². The quantitative estimate of drug-likeness (QED) is 0.642. The Kier molecular flexibility index (Phi) is 4.84. The molecule has 0 amide bonds. The second-order valence-corrected chi connectivity index (χ2v) is 7.22. The maximum Gasteiger partial charge on any atom is 0.261 e. The Morgan fingerprint density at radius 2 is 1.81 bits per heavy atom. The van der Waals surface area contributed by atoms with Crippen molar-refractivity contribution in [3.05, 3.63) is 76.1 Å². The first-order valence-electron chi connectivity index (χ1n) is 9.40. The van der Waals surface area contributed by atoms with Crippen molar-refractivity contribution in [2.45, 2.75) is 44.6 Å². The van der Waals surface area contributed by atoms with E-state index >= 15 is 0 Å². The Morgan fingerprint density at radius 1 is 1.07 bits per heavy atom. The number of carbonyl (C=O) groups excluding carboxylic acids is 1. The van der Waals surface area contributed by atoms with E-state index in [0.717, 1.165) is 0 Å². The summed E-state index contributed by atoms with van der Waals surface area (Å²) < 4.78 is 14.5. The second kappa shape index (κ2) is 7.43. The second-order valence-electron chi connectivity index (χ2n) is 7.22. The molecule has 0 radical (unpaired) electrons. The van der Waals surface area contributed by atoms with Crippen molar-refractivity contribution >= 4 is 16.7 Å². The summed E-state index contributed by atoms with van der Waals surface area (Å²) in [6.45, 7) is -0.0814. The van der Waals surface area contributed by atoms with Gasteiger partial charge in [-0.2, -0.15) is 0 Å². The molecule has 0 unspecified atom stereocenters. The highest BCUT2D eigenvalue weighted by Gasteiger charge is 2.16. The van der Waals surface area contributed by atoms with Gasteiger partial charge in [0, 0.05) is 11.6 Å². The Bertz CT molecular complexity index is 1030. The van der Waals surface area contributed by atoms with Crippen molar-refractivity contribution in [1.82, 2.24) is 9.55 Å². The Balaban J connectivity index is 1.53. The van der Waals surface area contributed by atoms with Gasteiger partial charge in [0.05, 0.1) is 23.8 Å². The number of hydrogen-bond donors (Lipinski definition) is 0. The average molecular weight is 364 g/mol. The topological polar surface area (TPSA) is 52.0 Å². The lowest BCUT2D eigenvalue weighted by Gasteiger charge is -2.22. The lowest BCUT2D eigenvalue weighted by atomic mass is 9.84. The van der Waals surface area contributed by atoms with Gasteiger partial charge in [-0.1, -0.05) is 43.5 Å². The number of carbonyl (C=O) groups is 1. The predicted molar refractivity (Wildman–Crippen MR) is 103 cm³/mol. The molecule has 0 N–H and O–H groups in total. The van der Waals surface area contributed by atoms with Crippen LogP contribution in [0.3, 0.4) is 0 Å². The molecule has 138 valence electrons. The van der Waals surface area contributed by atoms with Gasteiger partial charge in [-0.05, 0) is 36.5 Å². The zero-order valence-corrected chi connectivity index (χ0v) is 15.0. The zero-order valence-electron chi connectivity index (χ0n) is 15.0. The molecule has 1 heterocycles. The van der Waals surface area contributed by atoms with Crippen LogP contribution in [0.1, 0.15) is 53.9 Å². The van der Waals surface area contributed by atoms with Crippen molar-refractivity contribution in [1.29, 1.82) is 0 Å². The molecule has 5 heteroatoms. The van der Waals surface area contributed by atoms with E-state index < -0.39 is 5.82 Å². The number of Topliss-reactive ketones (excluding diaryl/α,β-unsaturated/α-hetero) is 1. The number of hydrogen-bond acceptors (Lipinski definition) is 3. The minimum Gasteiger partial charge on any atom is -0.292 e. The number of rotatable bonds is 4. The van der Waals surface area contributed by atoms with Crippen LogP contribution < -0.4 is 5.56 Å². The highest BCUT2D eigenvalue weighted by molar-refractivity contribution is 5.96. The highest BCUT2D eigenvalue weighted by atomic mass is 19.1. The van der Waals surface area contributed by atoms with Gasteiger partial charge in [0.2, 0.25) is 0 Å². The molecule has 1 aliphatic rings. The first-order chi connectivity index (χ1) is 13.1. The molecule has 1 aromatic heterocycles. The van der Waals surface area contributed by atoms with Crippen LogP contribution in [0, 0.1) is 5.82 Å². The van der Waals surface area contributed by atoms with Crippen LogP contribution in [0.5, 0.6) is 0 Å². The Labute approximate surface area is 156 Å². The van der Waals surface area contributed by atoms with E-state index in [1.54, 1.807) is 0 Å². The molecule has 1 fully saturated rings. The summed E-state index contributed by atoms with van der Waals surface area (Å²) in [5.41, 5.74) is 1.83. The molecule has 3 aromatic rings. The average Bonchev–Trinajstić information content (AvgIpc) is 2.71. The summed E-state index contributed by atoms with van der Waals surface area (Å²) in [5.74, 6) is 0.00689. The summed E-state index contributed by atoms with van der Waals surface area (Å²) in [4.78, 5) is 29.2. The smallest absolute Gasteiger partial charge is 0.261 e. The fraction of sp³-hybridized carbons (Fsp3) is 0.318. The van der Waals surface area contributed by atoms with Crippen LogP contribution in [0.15, 0.2) is 53.6 Å². The van der Waals surface area contributed by atoms with E-state index in [2.05, 4.69) is 4.98 Å². The van der Waals surface area contributed by atoms with E-state index in [-0.39, 0.29) is 17.9 Å². The molecule has 4 rings (SSSR count). The van der Waals surface area contributed by atoms with E-state index in [4.69, 9.17) is 0 Å². The maximum atomic E-state index is 13.3. The molecule has 1 saturated carbocycles.